The Labute approximate surface area is 350 Å². The molecule has 3 amide bonds. The van der Waals surface area contributed by atoms with Crippen LogP contribution in [-0.2, 0) is 32.8 Å². The summed E-state index contributed by atoms with van der Waals surface area (Å²) in [5.41, 5.74) is 3.61. The second-order valence-corrected chi connectivity index (χ2v) is 17.4. The average Bonchev–Trinajstić information content (AvgIpc) is 3.94. The maximum absolute atomic E-state index is 13.0. The van der Waals surface area contributed by atoms with Crippen LogP contribution in [0.4, 0.5) is 0 Å². The van der Waals surface area contributed by atoms with Crippen molar-refractivity contribution in [1.82, 2.24) is 30.9 Å². The zero-order valence-electron chi connectivity index (χ0n) is 32.5. The van der Waals surface area contributed by atoms with Gasteiger partial charge in [0.1, 0.15) is 5.69 Å². The topological polar surface area (TPSA) is 210 Å². The summed E-state index contributed by atoms with van der Waals surface area (Å²) in [4.78, 5) is 48.4. The highest BCUT2D eigenvalue weighted by molar-refractivity contribution is 7.91. The highest BCUT2D eigenvalue weighted by Gasteiger charge is 2.20. The predicted molar refractivity (Wildman–Crippen MR) is 227 cm³/mol. The molecule has 4 heterocycles. The Kier molecular flexibility index (Phi) is 12.5. The van der Waals surface area contributed by atoms with Crippen molar-refractivity contribution in [3.05, 3.63) is 180 Å². The molecule has 0 bridgehead atoms. The summed E-state index contributed by atoms with van der Waals surface area (Å²) in [5.74, 6) is -0.784. The lowest BCUT2D eigenvalue weighted by Gasteiger charge is -2.09. The van der Waals surface area contributed by atoms with Crippen LogP contribution in [0, 0.1) is 0 Å². The molecule has 308 valence electrons. The number of H-pyrrole nitrogens is 1. The lowest BCUT2D eigenvalue weighted by molar-refractivity contribution is 0.0922. The van der Waals surface area contributed by atoms with E-state index in [9.17, 15) is 31.2 Å². The van der Waals surface area contributed by atoms with Crippen molar-refractivity contribution in [1.29, 1.82) is 0 Å². The van der Waals surface area contributed by atoms with E-state index >= 15 is 0 Å². The zero-order valence-corrected chi connectivity index (χ0v) is 34.2. The van der Waals surface area contributed by atoms with Crippen molar-refractivity contribution in [2.45, 2.75) is 39.6 Å². The maximum Gasteiger partial charge on any atom is 0.287 e. The number of amides is 3. The molecule has 8 rings (SSSR count). The molecule has 61 heavy (non-hydrogen) atoms. The van der Waals surface area contributed by atoms with E-state index in [0.29, 0.717) is 17.8 Å². The quantitative estimate of drug-likeness (QED) is 0.103. The van der Waals surface area contributed by atoms with Crippen LogP contribution < -0.4 is 16.0 Å². The molecule has 4 aromatic heterocycles. The van der Waals surface area contributed by atoms with Crippen LogP contribution in [0.1, 0.15) is 49.5 Å². The lowest BCUT2D eigenvalue weighted by atomic mass is 10.2. The molecule has 0 aliphatic carbocycles. The van der Waals surface area contributed by atoms with E-state index in [1.165, 1.54) is 36.5 Å². The molecule has 8 aromatic rings. The third kappa shape index (κ3) is 9.73. The Balaban J connectivity index is 0.000000186. The van der Waals surface area contributed by atoms with Gasteiger partial charge < -0.3 is 25.4 Å². The van der Waals surface area contributed by atoms with Crippen LogP contribution in [0.5, 0.6) is 0 Å². The van der Waals surface area contributed by atoms with Gasteiger partial charge in [0.25, 0.3) is 17.7 Å². The summed E-state index contributed by atoms with van der Waals surface area (Å²) in [6, 6.07) is 33.9. The number of fused-ring (bicyclic) bond motifs is 2. The molecule has 0 unspecified atom stereocenters. The first-order chi connectivity index (χ1) is 29.4. The van der Waals surface area contributed by atoms with Gasteiger partial charge in [-0.25, -0.2) is 16.8 Å². The van der Waals surface area contributed by atoms with Gasteiger partial charge in [-0.2, -0.15) is 0 Å². The van der Waals surface area contributed by atoms with Gasteiger partial charge in [0.2, 0.25) is 19.7 Å². The average molecular weight is 855 g/mol. The molecule has 0 spiro atoms. The number of aromatic nitrogens is 3. The summed E-state index contributed by atoms with van der Waals surface area (Å²) in [7, 11) is -7.35. The van der Waals surface area contributed by atoms with Crippen LogP contribution in [0.2, 0.25) is 0 Å². The van der Waals surface area contributed by atoms with Crippen LogP contribution in [0.15, 0.2) is 176 Å². The van der Waals surface area contributed by atoms with Crippen molar-refractivity contribution < 1.29 is 35.6 Å². The third-order valence-electron chi connectivity index (χ3n) is 9.38. The molecular weight excluding hydrogens is 817 g/mol. The first-order valence-electron chi connectivity index (χ1n) is 18.9. The second kappa shape index (κ2) is 18.2. The Morgan fingerprint density at radius 3 is 1.80 bits per heavy atom. The number of carbonyl (C=O) groups excluding carboxylic acids is 3. The van der Waals surface area contributed by atoms with Gasteiger partial charge in [0.05, 0.1) is 25.8 Å². The van der Waals surface area contributed by atoms with Crippen molar-refractivity contribution in [3.8, 4) is 0 Å². The maximum atomic E-state index is 13.0. The van der Waals surface area contributed by atoms with Gasteiger partial charge in [-0.1, -0.05) is 48.5 Å². The fourth-order valence-corrected chi connectivity index (χ4v) is 8.74. The van der Waals surface area contributed by atoms with E-state index in [0.717, 1.165) is 27.4 Å². The number of hydrogen-bond donors (Lipinski definition) is 4. The molecule has 0 saturated heterocycles. The smallest absolute Gasteiger partial charge is 0.287 e. The van der Waals surface area contributed by atoms with E-state index < -0.39 is 19.7 Å². The van der Waals surface area contributed by atoms with E-state index in [2.05, 4.69) is 30.9 Å². The number of nitrogens with one attached hydrogen (secondary N) is 4. The van der Waals surface area contributed by atoms with Gasteiger partial charge in [0.15, 0.2) is 11.3 Å². The SMILES string of the molecule is CCNC(=O)c1cccc(S(=O)(=O)c2ccc(CNC(=O)c3cc4ccncc4o3)cc2)c1.O=C(NCc1ccc(S(=O)(=O)c2ccccc2)cc1)c1cc2cnccc2[nH]1. The third-order valence-corrected chi connectivity index (χ3v) is 12.9. The Morgan fingerprint density at radius 2 is 1.16 bits per heavy atom. The van der Waals surface area contributed by atoms with Gasteiger partial charge in [-0.15, -0.1) is 0 Å². The standard InChI is InChI=1S/C24H21N3O5S.C21H17N3O3S/c1-2-26-23(28)18-4-3-5-20(12-18)33(30,31)19-8-6-16(7-9-19)14-27-24(29)21-13-17-10-11-25-15-22(17)32-21;25-21(20-12-16-14-22-11-10-19(16)24-20)23-13-15-6-8-18(9-7-15)28(26,27)17-4-2-1-3-5-17/h3-13,15H,2,14H2,1H3,(H,26,28)(H,27,29);1-12,14,24H,13H2,(H,23,25). The second-order valence-electron chi connectivity index (χ2n) is 13.5. The number of carbonyl (C=O) groups is 3. The zero-order chi connectivity index (χ0) is 43.0. The minimum Gasteiger partial charge on any atom is -0.449 e. The Morgan fingerprint density at radius 1 is 0.574 bits per heavy atom. The summed E-state index contributed by atoms with van der Waals surface area (Å²) in [6.45, 7) is 2.72. The molecule has 0 saturated carbocycles. The molecule has 0 fully saturated rings. The van der Waals surface area contributed by atoms with Gasteiger partial charge in [0, 0.05) is 60.1 Å². The van der Waals surface area contributed by atoms with Gasteiger partial charge in [-0.3, -0.25) is 24.4 Å². The molecular formula is C45H38N6O8S2. The van der Waals surface area contributed by atoms with Crippen LogP contribution >= 0.6 is 0 Å². The summed E-state index contributed by atoms with van der Waals surface area (Å²) in [5, 5.41) is 9.87. The number of aromatic amines is 1. The minimum atomic E-state index is -3.80. The van der Waals surface area contributed by atoms with Crippen LogP contribution in [-0.4, -0.2) is 56.1 Å². The first kappa shape index (κ1) is 41.7. The lowest BCUT2D eigenvalue weighted by Crippen LogP contribution is -2.23. The van der Waals surface area contributed by atoms with Crippen molar-refractivity contribution >= 4 is 59.3 Å². The fraction of sp³-hybridized carbons (Fsp3) is 0.0889. The molecule has 0 aliphatic rings. The molecule has 0 atom stereocenters. The normalized spacial score (nSPS) is 11.4. The molecule has 16 heteroatoms. The molecule has 4 aromatic carbocycles. The van der Waals surface area contributed by atoms with E-state index in [1.807, 2.05) is 0 Å². The van der Waals surface area contributed by atoms with Gasteiger partial charge >= 0.3 is 0 Å². The van der Waals surface area contributed by atoms with E-state index in [-0.39, 0.29) is 61.7 Å². The number of furan rings is 1. The van der Waals surface area contributed by atoms with Crippen LogP contribution in [0.25, 0.3) is 21.9 Å². The van der Waals surface area contributed by atoms with Crippen molar-refractivity contribution in [2.75, 3.05) is 6.54 Å². The van der Waals surface area contributed by atoms with Crippen LogP contribution in [0.3, 0.4) is 0 Å². The predicted octanol–water partition coefficient (Wildman–Crippen LogP) is 6.67. The summed E-state index contributed by atoms with van der Waals surface area (Å²) < 4.78 is 56.7. The van der Waals surface area contributed by atoms with E-state index in [1.54, 1.807) is 123 Å². The van der Waals surface area contributed by atoms with Crippen molar-refractivity contribution in [2.24, 2.45) is 0 Å². The van der Waals surface area contributed by atoms with Gasteiger partial charge in [-0.05, 0) is 96.9 Å². The molecule has 0 aliphatic heterocycles. The fourth-order valence-electron chi connectivity index (χ4n) is 6.15. The number of hydrogen-bond acceptors (Lipinski definition) is 10. The highest BCUT2D eigenvalue weighted by atomic mass is 32.2. The van der Waals surface area contributed by atoms with Crippen molar-refractivity contribution in [3.63, 3.8) is 0 Å². The minimum absolute atomic E-state index is 0.0340. The number of benzene rings is 4. The first-order valence-corrected chi connectivity index (χ1v) is 21.8. The largest absolute Gasteiger partial charge is 0.449 e. The number of rotatable bonds is 12. The monoisotopic (exact) mass is 854 g/mol. The number of nitrogens with zero attached hydrogens (tertiary/aromatic N) is 2. The molecule has 4 N–H and O–H groups in total. The Bertz CT molecular complexity index is 3010. The van der Waals surface area contributed by atoms with E-state index in [4.69, 9.17) is 4.42 Å². The Hall–Kier alpha value is -7.43. The summed E-state index contributed by atoms with van der Waals surface area (Å²) in [6.07, 6.45) is 6.50. The molecule has 14 nitrogen and oxygen atoms in total. The number of sulfone groups is 2. The summed E-state index contributed by atoms with van der Waals surface area (Å²) >= 11 is 0. The molecule has 0 radical (unpaired) electrons. The number of pyridine rings is 2. The highest BCUT2D eigenvalue weighted by Crippen LogP contribution is 2.24.